The van der Waals surface area contributed by atoms with Gasteiger partial charge in [-0.05, 0) is 19.1 Å². The maximum atomic E-state index is 11.7. The van der Waals surface area contributed by atoms with Crippen LogP contribution in [0.25, 0.3) is 5.69 Å². The minimum atomic E-state index is -0.516. The van der Waals surface area contributed by atoms with Gasteiger partial charge >= 0.3 is 0 Å². The molecule has 1 aromatic carbocycles. The predicted octanol–water partition coefficient (Wildman–Crippen LogP) is 1.53. The summed E-state index contributed by atoms with van der Waals surface area (Å²) in [5.41, 5.74) is 0.495. The van der Waals surface area contributed by atoms with Crippen LogP contribution in [0.2, 0.25) is 0 Å². The van der Waals surface area contributed by atoms with Crippen molar-refractivity contribution >= 4 is 11.6 Å². The number of nitro benzene ring substituents is 1. The molecule has 0 unspecified atom stereocenters. The van der Waals surface area contributed by atoms with Gasteiger partial charge in [0.15, 0.2) is 0 Å². The molecule has 2 rings (SSSR count). The highest BCUT2D eigenvalue weighted by Gasteiger charge is 2.18. The van der Waals surface area contributed by atoms with Gasteiger partial charge in [0.2, 0.25) is 0 Å². The maximum absolute atomic E-state index is 11.7. The Morgan fingerprint density at radius 3 is 2.89 bits per heavy atom. The van der Waals surface area contributed by atoms with E-state index in [1.807, 2.05) is 0 Å². The second kappa shape index (κ2) is 5.30. The molecule has 0 spiro atoms. The summed E-state index contributed by atoms with van der Waals surface area (Å²) >= 11 is 0. The number of amides is 1. The Morgan fingerprint density at radius 1 is 1.53 bits per heavy atom. The highest BCUT2D eigenvalue weighted by atomic mass is 16.6. The Labute approximate surface area is 109 Å². The number of imidazole rings is 1. The Morgan fingerprint density at radius 2 is 2.32 bits per heavy atom. The van der Waals surface area contributed by atoms with Crippen LogP contribution in [0.5, 0.6) is 0 Å². The molecule has 7 heteroatoms. The monoisotopic (exact) mass is 260 g/mol. The molecule has 0 radical (unpaired) electrons. The fourth-order valence-corrected chi connectivity index (χ4v) is 1.69. The van der Waals surface area contributed by atoms with Crippen LogP contribution in [0.3, 0.4) is 0 Å². The van der Waals surface area contributed by atoms with Crippen LogP contribution >= 0.6 is 0 Å². The van der Waals surface area contributed by atoms with Crippen molar-refractivity contribution in [3.05, 3.63) is 52.6 Å². The van der Waals surface area contributed by atoms with Gasteiger partial charge in [0, 0.05) is 30.6 Å². The van der Waals surface area contributed by atoms with E-state index in [1.165, 1.54) is 29.2 Å². The number of aromatic nitrogens is 2. The van der Waals surface area contributed by atoms with E-state index in [1.54, 1.807) is 19.2 Å². The Balaban J connectivity index is 2.47. The second-order valence-corrected chi connectivity index (χ2v) is 3.79. The minimum Gasteiger partial charge on any atom is -0.352 e. The van der Waals surface area contributed by atoms with E-state index in [0.29, 0.717) is 12.2 Å². The van der Waals surface area contributed by atoms with E-state index in [2.05, 4.69) is 10.3 Å². The quantitative estimate of drug-likeness (QED) is 0.666. The third-order valence-corrected chi connectivity index (χ3v) is 2.55. The number of rotatable bonds is 4. The molecule has 0 aliphatic heterocycles. The van der Waals surface area contributed by atoms with Gasteiger partial charge in [-0.2, -0.15) is 0 Å². The number of benzene rings is 1. The predicted molar refractivity (Wildman–Crippen MR) is 68.2 cm³/mol. The zero-order chi connectivity index (χ0) is 13.8. The molecule has 0 saturated heterocycles. The number of carbonyl (C=O) groups excluding carboxylic acids is 1. The van der Waals surface area contributed by atoms with Gasteiger partial charge < -0.3 is 9.88 Å². The fraction of sp³-hybridized carbons (Fsp3) is 0.167. The lowest BCUT2D eigenvalue weighted by Gasteiger charge is -2.06. The third-order valence-electron chi connectivity index (χ3n) is 2.55. The summed E-state index contributed by atoms with van der Waals surface area (Å²) in [6.07, 6.45) is 4.60. The van der Waals surface area contributed by atoms with Crippen LogP contribution in [0, 0.1) is 10.1 Å². The topological polar surface area (TPSA) is 90.1 Å². The zero-order valence-corrected chi connectivity index (χ0v) is 10.2. The van der Waals surface area contributed by atoms with Gasteiger partial charge in [-0.3, -0.25) is 14.9 Å². The average Bonchev–Trinajstić information content (AvgIpc) is 2.92. The second-order valence-electron chi connectivity index (χ2n) is 3.79. The van der Waals surface area contributed by atoms with Gasteiger partial charge in [0.1, 0.15) is 5.69 Å². The first-order chi connectivity index (χ1) is 9.13. The number of hydrogen-bond acceptors (Lipinski definition) is 4. The maximum Gasteiger partial charge on any atom is 0.294 e. The van der Waals surface area contributed by atoms with E-state index in [-0.39, 0.29) is 17.2 Å². The Bertz CT molecular complexity index is 607. The van der Waals surface area contributed by atoms with Crippen molar-refractivity contribution in [2.24, 2.45) is 0 Å². The third kappa shape index (κ3) is 2.59. The molecule has 0 atom stereocenters. The Kier molecular flexibility index (Phi) is 3.56. The number of nitrogens with zero attached hydrogens (tertiary/aromatic N) is 3. The molecule has 0 saturated carbocycles. The van der Waals surface area contributed by atoms with Crippen LogP contribution in [-0.4, -0.2) is 26.9 Å². The van der Waals surface area contributed by atoms with Crippen LogP contribution < -0.4 is 5.32 Å². The lowest BCUT2D eigenvalue weighted by atomic mass is 10.1. The zero-order valence-electron chi connectivity index (χ0n) is 10.2. The van der Waals surface area contributed by atoms with E-state index in [0.717, 1.165) is 0 Å². The van der Waals surface area contributed by atoms with Gasteiger partial charge in [0.25, 0.3) is 11.6 Å². The summed E-state index contributed by atoms with van der Waals surface area (Å²) in [5, 5.41) is 13.7. The van der Waals surface area contributed by atoms with E-state index < -0.39 is 4.92 Å². The van der Waals surface area contributed by atoms with Crippen molar-refractivity contribution in [1.29, 1.82) is 0 Å². The number of nitro groups is 1. The first-order valence-corrected chi connectivity index (χ1v) is 5.68. The van der Waals surface area contributed by atoms with E-state index in [9.17, 15) is 14.9 Å². The highest BCUT2D eigenvalue weighted by Crippen LogP contribution is 2.24. The average molecular weight is 260 g/mol. The molecule has 0 bridgehead atoms. The molecule has 0 fully saturated rings. The molecule has 19 heavy (non-hydrogen) atoms. The number of hydrogen-bond donors (Lipinski definition) is 1. The van der Waals surface area contributed by atoms with Crippen LogP contribution in [0.4, 0.5) is 5.69 Å². The van der Waals surface area contributed by atoms with Crippen molar-refractivity contribution < 1.29 is 9.72 Å². The summed E-state index contributed by atoms with van der Waals surface area (Å²) in [7, 11) is 0. The Hall–Kier alpha value is -2.70. The lowest BCUT2D eigenvalue weighted by molar-refractivity contribution is -0.384. The molecule has 1 N–H and O–H groups in total. The highest BCUT2D eigenvalue weighted by molar-refractivity contribution is 5.95. The van der Waals surface area contributed by atoms with E-state index >= 15 is 0 Å². The van der Waals surface area contributed by atoms with E-state index in [4.69, 9.17) is 0 Å². The van der Waals surface area contributed by atoms with Crippen LogP contribution in [0.1, 0.15) is 17.3 Å². The molecule has 0 aliphatic rings. The standard InChI is InChI=1S/C12H12N4O3/c1-2-14-12(17)9-3-4-10(11(7-9)16(18)19)15-6-5-13-8-15/h3-8H,2H2,1H3,(H,14,17). The van der Waals surface area contributed by atoms with Crippen molar-refractivity contribution in [1.82, 2.24) is 14.9 Å². The van der Waals surface area contributed by atoms with Crippen molar-refractivity contribution in [3.63, 3.8) is 0 Å². The summed E-state index contributed by atoms with van der Waals surface area (Å²) in [6.45, 7) is 2.25. The number of nitrogens with one attached hydrogen (secondary N) is 1. The molecule has 7 nitrogen and oxygen atoms in total. The SMILES string of the molecule is CCNC(=O)c1ccc(-n2ccnc2)c([N+](=O)[O-])c1. The largest absolute Gasteiger partial charge is 0.352 e. The first-order valence-electron chi connectivity index (χ1n) is 5.68. The number of carbonyl (C=O) groups is 1. The molecule has 1 amide bonds. The van der Waals surface area contributed by atoms with Crippen molar-refractivity contribution in [3.8, 4) is 5.69 Å². The minimum absolute atomic E-state index is 0.137. The van der Waals surface area contributed by atoms with Gasteiger partial charge in [-0.1, -0.05) is 0 Å². The fourth-order valence-electron chi connectivity index (χ4n) is 1.69. The first kappa shape index (κ1) is 12.7. The summed E-state index contributed by atoms with van der Waals surface area (Å²) in [6, 6.07) is 4.35. The van der Waals surface area contributed by atoms with Gasteiger partial charge in [-0.25, -0.2) is 4.98 Å². The van der Waals surface area contributed by atoms with Crippen molar-refractivity contribution in [2.45, 2.75) is 6.92 Å². The smallest absolute Gasteiger partial charge is 0.294 e. The molecule has 1 aromatic heterocycles. The molecular formula is C12H12N4O3. The summed E-state index contributed by atoms with van der Waals surface area (Å²) in [4.78, 5) is 26.1. The van der Waals surface area contributed by atoms with Crippen molar-refractivity contribution in [2.75, 3.05) is 6.54 Å². The van der Waals surface area contributed by atoms with Crippen LogP contribution in [-0.2, 0) is 0 Å². The molecule has 2 aromatic rings. The summed E-state index contributed by atoms with van der Waals surface area (Å²) < 4.78 is 1.53. The normalized spacial score (nSPS) is 10.2. The van der Waals surface area contributed by atoms with Gasteiger partial charge in [-0.15, -0.1) is 0 Å². The molecular weight excluding hydrogens is 248 g/mol. The van der Waals surface area contributed by atoms with Crippen LogP contribution in [0.15, 0.2) is 36.9 Å². The summed E-state index contributed by atoms with van der Waals surface area (Å²) in [5.74, 6) is -0.331. The molecule has 98 valence electrons. The molecule has 1 heterocycles. The van der Waals surface area contributed by atoms with Gasteiger partial charge in [0.05, 0.1) is 11.3 Å². The molecule has 0 aliphatic carbocycles. The lowest BCUT2D eigenvalue weighted by Crippen LogP contribution is -2.22.